The lowest BCUT2D eigenvalue weighted by Crippen LogP contribution is -2.30. The topological polar surface area (TPSA) is 75.7 Å². The van der Waals surface area contributed by atoms with Gasteiger partial charge in [-0.3, -0.25) is 4.79 Å². The Hall–Kier alpha value is -1.60. The Bertz CT molecular complexity index is 727. The van der Waals surface area contributed by atoms with E-state index < -0.39 is 10.0 Å². The van der Waals surface area contributed by atoms with Crippen molar-refractivity contribution >= 4 is 21.6 Å². The number of carbonyl (C=O) groups is 1. The third-order valence-corrected chi connectivity index (χ3v) is 6.41. The number of carbonyl (C=O) groups excluding carboxylic acids is 1. The monoisotopic (exact) mass is 368 g/mol. The van der Waals surface area contributed by atoms with Gasteiger partial charge in [0.2, 0.25) is 15.9 Å². The zero-order chi connectivity index (χ0) is 18.8. The van der Waals surface area contributed by atoms with Gasteiger partial charge >= 0.3 is 0 Å². The maximum Gasteiger partial charge on any atom is 0.243 e. The van der Waals surface area contributed by atoms with Gasteiger partial charge in [0.25, 0.3) is 0 Å². The highest BCUT2D eigenvalue weighted by atomic mass is 32.2. The zero-order valence-corrected chi connectivity index (χ0v) is 16.4. The Kier molecular flexibility index (Phi) is 6.11. The lowest BCUT2D eigenvalue weighted by Gasteiger charge is -2.20. The first-order valence-electron chi connectivity index (χ1n) is 8.82. The molecule has 1 aromatic carbocycles. The van der Waals surface area contributed by atoms with Crippen molar-refractivity contribution in [2.45, 2.75) is 52.0 Å². The highest BCUT2D eigenvalue weighted by Crippen LogP contribution is 2.39. The van der Waals surface area contributed by atoms with Crippen molar-refractivity contribution in [2.75, 3.05) is 18.4 Å². The minimum atomic E-state index is -3.59. The van der Waals surface area contributed by atoms with Gasteiger partial charge in [-0.25, -0.2) is 8.42 Å². The summed E-state index contributed by atoms with van der Waals surface area (Å²) < 4.78 is 32.6. The van der Waals surface area contributed by atoms with E-state index in [0.29, 0.717) is 30.4 Å². The highest BCUT2D eigenvalue weighted by molar-refractivity contribution is 7.89. The Morgan fingerprint density at radius 1 is 1.32 bits per heavy atom. The summed E-state index contributed by atoms with van der Waals surface area (Å²) in [5.74, 6) is 0.764. The number of nitrogens with one attached hydrogen (secondary N) is 1. The molecule has 0 spiro atoms. The van der Waals surface area contributed by atoms with E-state index in [2.05, 4.69) is 5.32 Å². The fourth-order valence-electron chi connectivity index (χ4n) is 2.75. The van der Waals surface area contributed by atoms with Gasteiger partial charge in [-0.05, 0) is 44.4 Å². The lowest BCUT2D eigenvalue weighted by atomic mass is 10.2. The molecular formula is C18H28N2O4S. The number of nitrogens with zero attached hydrogens (tertiary/aromatic N) is 1. The van der Waals surface area contributed by atoms with Crippen LogP contribution in [0, 0.1) is 11.8 Å². The fourth-order valence-corrected chi connectivity index (χ4v) is 4.23. The van der Waals surface area contributed by atoms with E-state index in [1.54, 1.807) is 19.9 Å². The molecule has 1 fully saturated rings. The SMILES string of the molecule is CCN(CC)S(=O)(=O)c1ccc(OC(C)C)c(NC(=O)C2CC2C)c1. The van der Waals surface area contributed by atoms with E-state index in [9.17, 15) is 13.2 Å². The van der Waals surface area contributed by atoms with Gasteiger partial charge in [0.1, 0.15) is 5.75 Å². The van der Waals surface area contributed by atoms with Crippen LogP contribution in [0.25, 0.3) is 0 Å². The Morgan fingerprint density at radius 3 is 2.40 bits per heavy atom. The molecule has 0 radical (unpaired) electrons. The standard InChI is InChI=1S/C18H28N2O4S/c1-6-20(7-2)25(22,23)14-8-9-17(24-12(3)4)16(11-14)19-18(21)15-10-13(15)5/h8-9,11-13,15H,6-7,10H2,1-5H3,(H,19,21). The van der Waals surface area contributed by atoms with Crippen LogP contribution in [0.2, 0.25) is 0 Å². The van der Waals surface area contributed by atoms with Crippen LogP contribution < -0.4 is 10.1 Å². The summed E-state index contributed by atoms with van der Waals surface area (Å²) >= 11 is 0. The fraction of sp³-hybridized carbons (Fsp3) is 0.611. The number of hydrogen-bond donors (Lipinski definition) is 1. The number of sulfonamides is 1. The molecule has 1 amide bonds. The van der Waals surface area contributed by atoms with Crippen LogP contribution in [0.15, 0.2) is 23.1 Å². The Morgan fingerprint density at radius 2 is 1.92 bits per heavy atom. The molecule has 1 aliphatic rings. The summed E-state index contributed by atoms with van der Waals surface area (Å²) in [5.41, 5.74) is 0.408. The van der Waals surface area contributed by atoms with Crippen molar-refractivity contribution in [2.24, 2.45) is 11.8 Å². The van der Waals surface area contributed by atoms with Crippen molar-refractivity contribution in [1.29, 1.82) is 0 Å². The van der Waals surface area contributed by atoms with Crippen LogP contribution in [0.4, 0.5) is 5.69 Å². The maximum absolute atomic E-state index is 12.7. The first-order chi connectivity index (χ1) is 11.7. The molecule has 1 saturated carbocycles. The summed E-state index contributed by atoms with van der Waals surface area (Å²) in [7, 11) is -3.59. The van der Waals surface area contributed by atoms with Crippen molar-refractivity contribution in [3.63, 3.8) is 0 Å². The zero-order valence-electron chi connectivity index (χ0n) is 15.6. The average Bonchev–Trinajstić information content (AvgIpc) is 3.26. The predicted octanol–water partition coefficient (Wildman–Crippen LogP) is 3.10. The predicted molar refractivity (Wildman–Crippen MR) is 98.2 cm³/mol. The number of ether oxygens (including phenoxy) is 1. The average molecular weight is 368 g/mol. The molecule has 0 bridgehead atoms. The van der Waals surface area contributed by atoms with E-state index in [0.717, 1.165) is 6.42 Å². The van der Waals surface area contributed by atoms with Gasteiger partial charge in [0, 0.05) is 19.0 Å². The van der Waals surface area contributed by atoms with Gasteiger partial charge in [-0.1, -0.05) is 20.8 Å². The summed E-state index contributed by atoms with van der Waals surface area (Å²) in [6.45, 7) is 10.2. The van der Waals surface area contributed by atoms with E-state index in [-0.39, 0.29) is 22.8 Å². The third kappa shape index (κ3) is 4.52. The molecule has 0 saturated heterocycles. The van der Waals surface area contributed by atoms with Crippen LogP contribution in [0.1, 0.15) is 41.0 Å². The Labute approximate surface area is 150 Å². The van der Waals surface area contributed by atoms with E-state index in [1.165, 1.54) is 16.4 Å². The smallest absolute Gasteiger partial charge is 0.243 e. The lowest BCUT2D eigenvalue weighted by molar-refractivity contribution is -0.117. The second-order valence-electron chi connectivity index (χ2n) is 6.72. The number of anilines is 1. The summed E-state index contributed by atoms with van der Waals surface area (Å²) in [5, 5.41) is 2.85. The van der Waals surface area contributed by atoms with Crippen molar-refractivity contribution in [1.82, 2.24) is 4.31 Å². The minimum absolute atomic E-state index is 0.00468. The summed E-state index contributed by atoms with van der Waals surface area (Å²) in [6, 6.07) is 4.64. The highest BCUT2D eigenvalue weighted by Gasteiger charge is 2.39. The van der Waals surface area contributed by atoms with Gasteiger partial charge < -0.3 is 10.1 Å². The normalized spacial score (nSPS) is 20.0. The molecule has 0 aromatic heterocycles. The molecule has 2 unspecified atom stereocenters. The first kappa shape index (κ1) is 19.7. The molecule has 2 rings (SSSR count). The quantitative estimate of drug-likeness (QED) is 0.765. The van der Waals surface area contributed by atoms with Crippen LogP contribution in [0.5, 0.6) is 5.75 Å². The van der Waals surface area contributed by atoms with Crippen LogP contribution >= 0.6 is 0 Å². The second kappa shape index (κ2) is 7.74. The number of rotatable bonds is 8. The van der Waals surface area contributed by atoms with E-state index in [4.69, 9.17) is 4.74 Å². The van der Waals surface area contributed by atoms with Gasteiger partial charge in [-0.2, -0.15) is 4.31 Å². The third-order valence-electron chi connectivity index (χ3n) is 4.36. The van der Waals surface area contributed by atoms with Gasteiger partial charge in [0.15, 0.2) is 0 Å². The van der Waals surface area contributed by atoms with Crippen molar-refractivity contribution in [3.05, 3.63) is 18.2 Å². The Balaban J connectivity index is 2.37. The minimum Gasteiger partial charge on any atom is -0.489 e. The van der Waals surface area contributed by atoms with Crippen molar-refractivity contribution < 1.29 is 17.9 Å². The van der Waals surface area contributed by atoms with Crippen molar-refractivity contribution in [3.8, 4) is 5.75 Å². The molecular weight excluding hydrogens is 340 g/mol. The molecule has 1 aromatic rings. The number of hydrogen-bond acceptors (Lipinski definition) is 4. The molecule has 6 nitrogen and oxygen atoms in total. The molecule has 0 heterocycles. The van der Waals surface area contributed by atoms with Crippen LogP contribution in [-0.2, 0) is 14.8 Å². The van der Waals surface area contributed by atoms with Crippen LogP contribution in [-0.4, -0.2) is 37.8 Å². The van der Waals surface area contributed by atoms with Crippen LogP contribution in [0.3, 0.4) is 0 Å². The summed E-state index contributed by atoms with van der Waals surface area (Å²) in [4.78, 5) is 12.5. The molecule has 1 N–H and O–H groups in total. The summed E-state index contributed by atoms with van der Waals surface area (Å²) in [6.07, 6.45) is 0.782. The van der Waals surface area contributed by atoms with E-state index >= 15 is 0 Å². The van der Waals surface area contributed by atoms with Gasteiger partial charge in [0.05, 0.1) is 16.7 Å². The molecule has 140 valence electrons. The molecule has 2 atom stereocenters. The molecule has 0 aliphatic heterocycles. The second-order valence-corrected chi connectivity index (χ2v) is 8.66. The van der Waals surface area contributed by atoms with Gasteiger partial charge in [-0.15, -0.1) is 0 Å². The number of amides is 1. The maximum atomic E-state index is 12.7. The molecule has 25 heavy (non-hydrogen) atoms. The van der Waals surface area contributed by atoms with E-state index in [1.807, 2.05) is 20.8 Å². The largest absolute Gasteiger partial charge is 0.489 e. The first-order valence-corrected chi connectivity index (χ1v) is 10.3. The molecule has 7 heteroatoms. The number of benzene rings is 1. The molecule has 1 aliphatic carbocycles.